The lowest BCUT2D eigenvalue weighted by atomic mass is 9.96. The van der Waals surface area contributed by atoms with Crippen LogP contribution in [0.1, 0.15) is 38.3 Å². The van der Waals surface area contributed by atoms with Gasteiger partial charge < -0.3 is 10.8 Å². The van der Waals surface area contributed by atoms with Gasteiger partial charge in [0.2, 0.25) is 0 Å². The van der Waals surface area contributed by atoms with E-state index in [9.17, 15) is 5.11 Å². The third kappa shape index (κ3) is 5.08. The summed E-state index contributed by atoms with van der Waals surface area (Å²) in [4.78, 5) is 0. The molecule has 0 unspecified atom stereocenters. The van der Waals surface area contributed by atoms with Gasteiger partial charge in [0.1, 0.15) is 0 Å². The molecule has 0 bridgehead atoms. The Morgan fingerprint density at radius 3 is 2.12 bits per heavy atom. The highest BCUT2D eigenvalue weighted by atomic mass is 79.9. The van der Waals surface area contributed by atoms with Crippen molar-refractivity contribution in [1.82, 2.24) is 0 Å². The summed E-state index contributed by atoms with van der Waals surface area (Å²) in [5.41, 5.74) is 7.02. The number of rotatable bonds is 5. The van der Waals surface area contributed by atoms with Crippen LogP contribution in [0.25, 0.3) is 0 Å². The summed E-state index contributed by atoms with van der Waals surface area (Å²) in [6, 6.07) is 5.53. The molecule has 0 aromatic heterocycles. The Morgan fingerprint density at radius 2 is 1.65 bits per heavy atom. The van der Waals surface area contributed by atoms with Crippen molar-refractivity contribution in [3.05, 3.63) is 32.7 Å². The van der Waals surface area contributed by atoms with E-state index in [1.807, 2.05) is 18.2 Å². The molecule has 0 aliphatic carbocycles. The second-order valence-corrected chi connectivity index (χ2v) is 6.60. The summed E-state index contributed by atoms with van der Waals surface area (Å²) in [6.45, 7) is 4.29. The van der Waals surface area contributed by atoms with E-state index < -0.39 is 6.10 Å². The molecule has 0 saturated heterocycles. The van der Waals surface area contributed by atoms with E-state index >= 15 is 0 Å². The molecular formula is C13H19Br2NO. The number of aliphatic hydroxyl groups excluding tert-OH is 1. The van der Waals surface area contributed by atoms with Crippen LogP contribution in [0.4, 0.5) is 0 Å². The van der Waals surface area contributed by atoms with E-state index in [1.165, 1.54) is 0 Å². The highest BCUT2D eigenvalue weighted by Crippen LogP contribution is 2.26. The Bertz CT molecular complexity index is 348. The Balaban J connectivity index is 2.70. The van der Waals surface area contributed by atoms with Gasteiger partial charge in [-0.15, -0.1) is 0 Å². The van der Waals surface area contributed by atoms with E-state index in [4.69, 9.17) is 5.73 Å². The standard InChI is InChI=1S/C13H19Br2NO/c1-8(2)3-4-12(17)13(16)9-5-10(14)7-11(15)6-9/h5-8,12-13,17H,3-4,16H2,1-2H3/t12-,13+/m0/s1. The second-order valence-electron chi connectivity index (χ2n) is 4.77. The van der Waals surface area contributed by atoms with Gasteiger partial charge >= 0.3 is 0 Å². The normalized spacial score (nSPS) is 15.0. The molecule has 1 aromatic carbocycles. The molecule has 1 aromatic rings. The summed E-state index contributed by atoms with van der Waals surface area (Å²) in [5, 5.41) is 10.0. The second kappa shape index (κ2) is 6.88. The van der Waals surface area contributed by atoms with Crippen molar-refractivity contribution in [2.24, 2.45) is 11.7 Å². The van der Waals surface area contributed by atoms with E-state index in [2.05, 4.69) is 45.7 Å². The first-order valence-electron chi connectivity index (χ1n) is 5.79. The minimum absolute atomic E-state index is 0.331. The lowest BCUT2D eigenvalue weighted by Gasteiger charge is -2.20. The third-order valence-corrected chi connectivity index (χ3v) is 3.64. The molecule has 1 rings (SSSR count). The number of hydrogen-bond acceptors (Lipinski definition) is 2. The van der Waals surface area contributed by atoms with Crippen LogP contribution in [-0.4, -0.2) is 11.2 Å². The summed E-state index contributed by atoms with van der Waals surface area (Å²) in [7, 11) is 0. The van der Waals surface area contributed by atoms with Crippen molar-refractivity contribution < 1.29 is 5.11 Å². The van der Waals surface area contributed by atoms with Crippen LogP contribution in [-0.2, 0) is 0 Å². The Kier molecular flexibility index (Phi) is 6.13. The molecule has 2 atom stereocenters. The van der Waals surface area contributed by atoms with E-state index in [0.717, 1.165) is 27.4 Å². The first-order chi connectivity index (χ1) is 7.90. The molecule has 4 heteroatoms. The van der Waals surface area contributed by atoms with Crippen molar-refractivity contribution in [2.45, 2.75) is 38.8 Å². The summed E-state index contributed by atoms with van der Waals surface area (Å²) in [5.74, 6) is 0.589. The highest BCUT2D eigenvalue weighted by Gasteiger charge is 2.17. The van der Waals surface area contributed by atoms with Crippen molar-refractivity contribution in [1.29, 1.82) is 0 Å². The zero-order valence-electron chi connectivity index (χ0n) is 10.2. The van der Waals surface area contributed by atoms with Crippen LogP contribution in [0.5, 0.6) is 0 Å². The molecule has 0 amide bonds. The van der Waals surface area contributed by atoms with E-state index in [-0.39, 0.29) is 6.04 Å². The van der Waals surface area contributed by atoms with Gasteiger partial charge in [-0.3, -0.25) is 0 Å². The van der Waals surface area contributed by atoms with Gasteiger partial charge in [0.15, 0.2) is 0 Å². The zero-order valence-corrected chi connectivity index (χ0v) is 13.3. The Morgan fingerprint density at radius 1 is 1.12 bits per heavy atom. The maximum absolute atomic E-state index is 10.0. The van der Waals surface area contributed by atoms with Crippen LogP contribution < -0.4 is 5.73 Å². The van der Waals surface area contributed by atoms with Gasteiger partial charge in [0, 0.05) is 8.95 Å². The highest BCUT2D eigenvalue weighted by molar-refractivity contribution is 9.11. The molecule has 17 heavy (non-hydrogen) atoms. The van der Waals surface area contributed by atoms with E-state index in [0.29, 0.717) is 5.92 Å². The molecule has 0 spiro atoms. The molecule has 0 heterocycles. The summed E-state index contributed by atoms with van der Waals surface area (Å²) >= 11 is 6.85. The maximum Gasteiger partial charge on any atom is 0.0732 e. The van der Waals surface area contributed by atoms with Crippen LogP contribution in [0.15, 0.2) is 27.1 Å². The molecule has 0 fully saturated rings. The van der Waals surface area contributed by atoms with Gasteiger partial charge in [0.25, 0.3) is 0 Å². The van der Waals surface area contributed by atoms with Gasteiger partial charge in [-0.25, -0.2) is 0 Å². The smallest absolute Gasteiger partial charge is 0.0732 e. The predicted molar refractivity (Wildman–Crippen MR) is 78.8 cm³/mol. The number of aliphatic hydroxyl groups is 1. The topological polar surface area (TPSA) is 46.2 Å². The van der Waals surface area contributed by atoms with Crippen LogP contribution >= 0.6 is 31.9 Å². The number of nitrogens with two attached hydrogens (primary N) is 1. The van der Waals surface area contributed by atoms with Crippen LogP contribution in [0, 0.1) is 5.92 Å². The first kappa shape index (κ1) is 15.2. The fourth-order valence-electron chi connectivity index (χ4n) is 1.67. The maximum atomic E-state index is 10.0. The first-order valence-corrected chi connectivity index (χ1v) is 7.38. The van der Waals surface area contributed by atoms with Crippen molar-refractivity contribution in [2.75, 3.05) is 0 Å². The fraction of sp³-hybridized carbons (Fsp3) is 0.538. The summed E-state index contributed by atoms with van der Waals surface area (Å²) in [6.07, 6.45) is 1.24. The quantitative estimate of drug-likeness (QED) is 0.829. The molecule has 2 nitrogen and oxygen atoms in total. The van der Waals surface area contributed by atoms with Crippen molar-refractivity contribution in [3.63, 3.8) is 0 Å². The van der Waals surface area contributed by atoms with Crippen LogP contribution in [0.2, 0.25) is 0 Å². The number of halogens is 2. The predicted octanol–water partition coefficient (Wildman–Crippen LogP) is 4.01. The molecular weight excluding hydrogens is 346 g/mol. The lowest BCUT2D eigenvalue weighted by Crippen LogP contribution is -2.26. The number of hydrogen-bond donors (Lipinski definition) is 2. The monoisotopic (exact) mass is 363 g/mol. The SMILES string of the molecule is CC(C)CC[C@H](O)[C@H](N)c1cc(Br)cc(Br)c1. The Hall–Kier alpha value is 0.1000. The molecule has 0 saturated carbocycles. The van der Waals surface area contributed by atoms with Gasteiger partial charge in [-0.05, 0) is 42.5 Å². The van der Waals surface area contributed by atoms with Gasteiger partial charge in [0.05, 0.1) is 12.1 Å². The average Bonchev–Trinajstić information content (AvgIpc) is 2.23. The third-order valence-electron chi connectivity index (χ3n) is 2.72. The summed E-state index contributed by atoms with van der Waals surface area (Å²) < 4.78 is 1.93. The number of benzene rings is 1. The fourth-order valence-corrected chi connectivity index (χ4v) is 3.00. The molecule has 0 aliphatic rings. The average molecular weight is 365 g/mol. The van der Waals surface area contributed by atoms with Gasteiger partial charge in [-0.1, -0.05) is 45.7 Å². The van der Waals surface area contributed by atoms with Crippen LogP contribution in [0.3, 0.4) is 0 Å². The van der Waals surface area contributed by atoms with Crippen molar-refractivity contribution in [3.8, 4) is 0 Å². The zero-order chi connectivity index (χ0) is 13.0. The van der Waals surface area contributed by atoms with Gasteiger partial charge in [-0.2, -0.15) is 0 Å². The minimum atomic E-state index is -0.487. The largest absolute Gasteiger partial charge is 0.391 e. The molecule has 96 valence electrons. The Labute approximate surface area is 120 Å². The molecule has 0 radical (unpaired) electrons. The lowest BCUT2D eigenvalue weighted by molar-refractivity contribution is 0.128. The molecule has 3 N–H and O–H groups in total. The van der Waals surface area contributed by atoms with Crippen molar-refractivity contribution >= 4 is 31.9 Å². The van der Waals surface area contributed by atoms with E-state index in [1.54, 1.807) is 0 Å². The minimum Gasteiger partial charge on any atom is -0.391 e. The molecule has 0 aliphatic heterocycles.